The zero-order valence-electron chi connectivity index (χ0n) is 10.2. The molecule has 0 saturated heterocycles. The Hall–Kier alpha value is -2.01. The van der Waals surface area contributed by atoms with E-state index in [1.165, 1.54) is 6.92 Å². The second-order valence-corrected chi connectivity index (χ2v) is 4.68. The number of carboxylic acid groups (broad SMARTS) is 1. The van der Waals surface area contributed by atoms with E-state index in [1.807, 2.05) is 12.1 Å². The number of carbonyl (C=O) groups excluding carboxylic acids is 1. The molecular weight excluding hydrogens is 268 g/mol. The molecule has 0 aliphatic heterocycles. The average Bonchev–Trinajstić information content (AvgIpc) is 2.72. The molecule has 0 aliphatic carbocycles. The summed E-state index contributed by atoms with van der Waals surface area (Å²) >= 11 is 6.12. The van der Waals surface area contributed by atoms with Gasteiger partial charge in [0.15, 0.2) is 0 Å². The van der Waals surface area contributed by atoms with Gasteiger partial charge in [-0.05, 0) is 17.7 Å². The number of hydrogen-bond acceptors (Lipinski definition) is 2. The minimum absolute atomic E-state index is 0.179. The van der Waals surface area contributed by atoms with Crippen molar-refractivity contribution >= 4 is 34.4 Å². The molecule has 0 radical (unpaired) electrons. The van der Waals surface area contributed by atoms with Gasteiger partial charge >= 0.3 is 5.97 Å². The lowest BCUT2D eigenvalue weighted by atomic mass is 10.0. The van der Waals surface area contributed by atoms with E-state index in [-0.39, 0.29) is 12.3 Å². The molecule has 1 amide bonds. The Kier molecular flexibility index (Phi) is 3.76. The summed E-state index contributed by atoms with van der Waals surface area (Å²) in [4.78, 5) is 25.2. The Morgan fingerprint density at radius 1 is 1.47 bits per heavy atom. The maximum absolute atomic E-state index is 11.1. The Labute approximate surface area is 114 Å². The number of aromatic amines is 1. The van der Waals surface area contributed by atoms with Crippen molar-refractivity contribution in [3.63, 3.8) is 0 Å². The monoisotopic (exact) mass is 280 g/mol. The van der Waals surface area contributed by atoms with Gasteiger partial charge in [0.1, 0.15) is 6.04 Å². The Bertz CT molecular complexity index is 636. The maximum Gasteiger partial charge on any atom is 0.326 e. The molecule has 0 saturated carbocycles. The number of amides is 1. The number of H-pyrrole nitrogens is 1. The van der Waals surface area contributed by atoms with Crippen molar-refractivity contribution in [2.24, 2.45) is 0 Å². The standard InChI is InChI=1S/C13H13ClN2O3/c1-7(17)16-11(13(18)19)5-8-6-15-10-4-2-3-9(14)12(8)10/h2-4,6,11,15H,5H2,1H3,(H,16,17)(H,18,19)/t11-/m1/s1. The van der Waals surface area contributed by atoms with Gasteiger partial charge in [0.25, 0.3) is 0 Å². The van der Waals surface area contributed by atoms with E-state index in [1.54, 1.807) is 12.3 Å². The topological polar surface area (TPSA) is 82.2 Å². The molecule has 1 atom stereocenters. The highest BCUT2D eigenvalue weighted by Gasteiger charge is 2.21. The van der Waals surface area contributed by atoms with Crippen molar-refractivity contribution in [2.75, 3.05) is 0 Å². The molecule has 0 fully saturated rings. The summed E-state index contributed by atoms with van der Waals surface area (Å²) in [5.74, 6) is -1.45. The van der Waals surface area contributed by atoms with Crippen molar-refractivity contribution in [1.29, 1.82) is 0 Å². The van der Waals surface area contributed by atoms with E-state index in [2.05, 4.69) is 10.3 Å². The summed E-state index contributed by atoms with van der Waals surface area (Å²) < 4.78 is 0. The first-order valence-electron chi connectivity index (χ1n) is 5.73. The molecule has 2 rings (SSSR count). The molecule has 2 aromatic rings. The number of halogens is 1. The average molecular weight is 281 g/mol. The van der Waals surface area contributed by atoms with Crippen LogP contribution in [0.3, 0.4) is 0 Å². The van der Waals surface area contributed by atoms with Crippen LogP contribution in [0.25, 0.3) is 10.9 Å². The number of carbonyl (C=O) groups is 2. The molecule has 19 heavy (non-hydrogen) atoms. The molecule has 0 unspecified atom stereocenters. The minimum Gasteiger partial charge on any atom is -0.480 e. The van der Waals surface area contributed by atoms with Gasteiger partial charge in [-0.2, -0.15) is 0 Å². The van der Waals surface area contributed by atoms with Gasteiger partial charge in [0.2, 0.25) is 5.91 Å². The van der Waals surface area contributed by atoms with Gasteiger partial charge in [-0.3, -0.25) is 4.79 Å². The molecule has 1 aromatic heterocycles. The molecule has 0 aliphatic rings. The molecular formula is C13H13ClN2O3. The lowest BCUT2D eigenvalue weighted by Crippen LogP contribution is -2.41. The van der Waals surface area contributed by atoms with Gasteiger partial charge in [0.05, 0.1) is 5.02 Å². The zero-order valence-corrected chi connectivity index (χ0v) is 11.0. The maximum atomic E-state index is 11.1. The quantitative estimate of drug-likeness (QED) is 0.800. The Balaban J connectivity index is 2.34. The highest BCUT2D eigenvalue weighted by atomic mass is 35.5. The number of carboxylic acids is 1. The predicted octanol–water partition coefficient (Wildman–Crippen LogP) is 1.95. The van der Waals surface area contributed by atoms with Crippen molar-refractivity contribution in [1.82, 2.24) is 10.3 Å². The first-order chi connectivity index (χ1) is 8.99. The number of aliphatic carboxylic acids is 1. The van der Waals surface area contributed by atoms with E-state index in [4.69, 9.17) is 16.7 Å². The molecule has 0 bridgehead atoms. The van der Waals surface area contributed by atoms with Crippen LogP contribution in [0.15, 0.2) is 24.4 Å². The summed E-state index contributed by atoms with van der Waals surface area (Å²) in [7, 11) is 0. The van der Waals surface area contributed by atoms with Crippen LogP contribution >= 0.6 is 11.6 Å². The molecule has 100 valence electrons. The van der Waals surface area contributed by atoms with Gasteiger partial charge < -0.3 is 15.4 Å². The fourth-order valence-electron chi connectivity index (χ4n) is 2.03. The van der Waals surface area contributed by atoms with Crippen LogP contribution in [-0.2, 0) is 16.0 Å². The summed E-state index contributed by atoms with van der Waals surface area (Å²) in [6, 6.07) is 4.45. The summed E-state index contributed by atoms with van der Waals surface area (Å²) in [5, 5.41) is 12.9. The first-order valence-corrected chi connectivity index (χ1v) is 6.11. The van der Waals surface area contributed by atoms with E-state index >= 15 is 0 Å². The summed E-state index contributed by atoms with van der Waals surface area (Å²) in [6.07, 6.45) is 1.90. The van der Waals surface area contributed by atoms with E-state index in [0.717, 1.165) is 16.5 Å². The lowest BCUT2D eigenvalue weighted by molar-refractivity contribution is -0.141. The third-order valence-corrected chi connectivity index (χ3v) is 3.15. The van der Waals surface area contributed by atoms with E-state index < -0.39 is 12.0 Å². The van der Waals surface area contributed by atoms with Crippen molar-refractivity contribution in [3.8, 4) is 0 Å². The third kappa shape index (κ3) is 2.88. The van der Waals surface area contributed by atoms with Crippen LogP contribution in [0.2, 0.25) is 5.02 Å². The minimum atomic E-state index is -1.07. The highest BCUT2D eigenvalue weighted by Crippen LogP contribution is 2.27. The van der Waals surface area contributed by atoms with Crippen LogP contribution in [0.4, 0.5) is 0 Å². The van der Waals surface area contributed by atoms with Gasteiger partial charge in [-0.25, -0.2) is 4.79 Å². The van der Waals surface area contributed by atoms with Crippen LogP contribution in [0.5, 0.6) is 0 Å². The normalized spacial score (nSPS) is 12.3. The molecule has 1 aromatic carbocycles. The summed E-state index contributed by atoms with van der Waals surface area (Å²) in [5.41, 5.74) is 1.61. The van der Waals surface area contributed by atoms with Crippen LogP contribution < -0.4 is 5.32 Å². The SMILES string of the molecule is CC(=O)N[C@H](Cc1c[nH]c2cccc(Cl)c12)C(=O)O. The van der Waals surface area contributed by atoms with Crippen molar-refractivity contribution in [3.05, 3.63) is 35.0 Å². The summed E-state index contributed by atoms with van der Waals surface area (Å²) in [6.45, 7) is 1.29. The van der Waals surface area contributed by atoms with E-state index in [0.29, 0.717) is 5.02 Å². The lowest BCUT2D eigenvalue weighted by Gasteiger charge is -2.12. The highest BCUT2D eigenvalue weighted by molar-refractivity contribution is 6.35. The number of aromatic nitrogens is 1. The van der Waals surface area contributed by atoms with Crippen molar-refractivity contribution in [2.45, 2.75) is 19.4 Å². The Morgan fingerprint density at radius 3 is 2.84 bits per heavy atom. The number of rotatable bonds is 4. The molecule has 6 heteroatoms. The smallest absolute Gasteiger partial charge is 0.326 e. The number of hydrogen-bond donors (Lipinski definition) is 3. The second-order valence-electron chi connectivity index (χ2n) is 4.27. The third-order valence-electron chi connectivity index (χ3n) is 2.84. The number of fused-ring (bicyclic) bond motifs is 1. The molecule has 3 N–H and O–H groups in total. The number of benzene rings is 1. The fraction of sp³-hybridized carbons (Fsp3) is 0.231. The molecule has 5 nitrogen and oxygen atoms in total. The first kappa shape index (κ1) is 13.4. The van der Waals surface area contributed by atoms with Gasteiger partial charge in [-0.1, -0.05) is 17.7 Å². The van der Waals surface area contributed by atoms with Gasteiger partial charge in [-0.15, -0.1) is 0 Å². The van der Waals surface area contributed by atoms with Crippen LogP contribution in [0.1, 0.15) is 12.5 Å². The predicted molar refractivity (Wildman–Crippen MR) is 72.3 cm³/mol. The second kappa shape index (κ2) is 5.32. The molecule has 0 spiro atoms. The zero-order chi connectivity index (χ0) is 14.0. The number of nitrogens with one attached hydrogen (secondary N) is 2. The van der Waals surface area contributed by atoms with E-state index in [9.17, 15) is 9.59 Å². The molecule has 1 heterocycles. The Morgan fingerprint density at radius 2 is 2.21 bits per heavy atom. The van der Waals surface area contributed by atoms with Crippen LogP contribution in [-0.4, -0.2) is 28.0 Å². The van der Waals surface area contributed by atoms with Crippen LogP contribution in [0, 0.1) is 0 Å². The van der Waals surface area contributed by atoms with Gasteiger partial charge in [0, 0.05) is 30.4 Å². The largest absolute Gasteiger partial charge is 0.480 e. The fourth-order valence-corrected chi connectivity index (χ4v) is 2.33. The van der Waals surface area contributed by atoms with Crippen molar-refractivity contribution < 1.29 is 14.7 Å².